The Bertz CT molecular complexity index is 1180. The molecule has 0 unspecified atom stereocenters. The van der Waals surface area contributed by atoms with Gasteiger partial charge in [-0.1, -0.05) is 12.1 Å². The van der Waals surface area contributed by atoms with Crippen LogP contribution < -0.4 is 14.8 Å². The molecule has 1 aliphatic rings. The van der Waals surface area contributed by atoms with Crippen molar-refractivity contribution in [1.29, 1.82) is 0 Å². The van der Waals surface area contributed by atoms with Crippen molar-refractivity contribution in [2.75, 3.05) is 25.0 Å². The van der Waals surface area contributed by atoms with Crippen molar-refractivity contribution in [1.82, 2.24) is 4.31 Å². The summed E-state index contributed by atoms with van der Waals surface area (Å²) < 4.78 is 43.3. The highest BCUT2D eigenvalue weighted by atomic mass is 32.2. The van der Waals surface area contributed by atoms with Gasteiger partial charge in [0.25, 0.3) is 15.9 Å². The molecule has 0 radical (unpaired) electrons. The zero-order valence-electron chi connectivity index (χ0n) is 17.6. The molecule has 2 aromatic carbocycles. The predicted octanol–water partition coefficient (Wildman–Crippen LogP) is 4.51. The maximum Gasteiger partial charge on any atom is 0.291 e. The highest BCUT2D eigenvalue weighted by molar-refractivity contribution is 7.89. The summed E-state index contributed by atoms with van der Waals surface area (Å²) in [5.41, 5.74) is 0.423. The number of para-hydroxylation sites is 2. The van der Waals surface area contributed by atoms with E-state index in [9.17, 15) is 13.2 Å². The Hall–Kier alpha value is -3.30. The Morgan fingerprint density at radius 1 is 1.00 bits per heavy atom. The van der Waals surface area contributed by atoms with E-state index in [-0.39, 0.29) is 10.9 Å². The Labute approximate surface area is 186 Å². The average molecular weight is 457 g/mol. The number of amides is 1. The zero-order valence-corrected chi connectivity index (χ0v) is 18.4. The van der Waals surface area contributed by atoms with E-state index < -0.39 is 15.9 Å². The molecule has 3 aromatic rings. The second kappa shape index (κ2) is 9.46. The van der Waals surface area contributed by atoms with Gasteiger partial charge in [0.15, 0.2) is 11.5 Å². The molecule has 4 rings (SSSR count). The van der Waals surface area contributed by atoms with Crippen molar-refractivity contribution in [3.05, 3.63) is 66.4 Å². The van der Waals surface area contributed by atoms with Crippen LogP contribution in [-0.4, -0.2) is 38.3 Å². The predicted molar refractivity (Wildman–Crippen MR) is 119 cm³/mol. The lowest BCUT2D eigenvalue weighted by Gasteiger charge is -2.13. The molecule has 1 N–H and O–H groups in total. The molecule has 1 saturated heterocycles. The van der Waals surface area contributed by atoms with Crippen LogP contribution in [0.15, 0.2) is 70.2 Å². The summed E-state index contributed by atoms with van der Waals surface area (Å²) >= 11 is 0. The zero-order chi connectivity index (χ0) is 22.6. The highest BCUT2D eigenvalue weighted by Gasteiger charge is 2.30. The summed E-state index contributed by atoms with van der Waals surface area (Å²) in [6, 6.07) is 16.7. The van der Waals surface area contributed by atoms with Gasteiger partial charge in [-0.15, -0.1) is 0 Å². The quantitative estimate of drug-likeness (QED) is 0.536. The normalized spacial score (nSPS) is 14.3. The SMILES string of the molecule is CCOc1ccc(Oc2ccccc2NC(=O)c2ccc(S(=O)(=O)N3CCCC3)o2)cc1. The number of carbonyl (C=O) groups is 1. The fraction of sp³-hybridized carbons (Fsp3) is 0.261. The fourth-order valence-electron chi connectivity index (χ4n) is 3.38. The molecule has 9 heteroatoms. The molecule has 0 spiro atoms. The Kier molecular flexibility index (Phi) is 6.48. The van der Waals surface area contributed by atoms with Crippen LogP contribution >= 0.6 is 0 Å². The van der Waals surface area contributed by atoms with E-state index in [0.29, 0.717) is 36.9 Å². The lowest BCUT2D eigenvalue weighted by molar-refractivity contribution is 0.0991. The van der Waals surface area contributed by atoms with Crippen molar-refractivity contribution in [3.8, 4) is 17.2 Å². The molecule has 0 bridgehead atoms. The van der Waals surface area contributed by atoms with E-state index in [1.807, 2.05) is 6.92 Å². The first kappa shape index (κ1) is 21.9. The van der Waals surface area contributed by atoms with E-state index >= 15 is 0 Å². The number of ether oxygens (including phenoxy) is 2. The molecule has 0 aliphatic carbocycles. The summed E-state index contributed by atoms with van der Waals surface area (Å²) in [5, 5.41) is 2.49. The standard InChI is InChI=1S/C23H24N2O6S/c1-2-29-17-9-11-18(12-10-17)30-20-8-4-3-7-19(20)24-23(26)21-13-14-22(31-21)32(27,28)25-15-5-6-16-25/h3-4,7-14H,2,5-6,15-16H2,1H3,(H,24,26). The largest absolute Gasteiger partial charge is 0.494 e. The van der Waals surface area contributed by atoms with Gasteiger partial charge in [0.05, 0.1) is 12.3 Å². The minimum atomic E-state index is -3.73. The molecule has 8 nitrogen and oxygen atoms in total. The van der Waals surface area contributed by atoms with Gasteiger partial charge >= 0.3 is 0 Å². The summed E-state index contributed by atoms with van der Waals surface area (Å²) in [4.78, 5) is 12.7. The second-order valence-electron chi connectivity index (χ2n) is 7.19. The van der Waals surface area contributed by atoms with Crippen LogP contribution in [0.3, 0.4) is 0 Å². The van der Waals surface area contributed by atoms with Crippen molar-refractivity contribution in [3.63, 3.8) is 0 Å². The van der Waals surface area contributed by atoms with Gasteiger partial charge in [0.2, 0.25) is 5.09 Å². The van der Waals surface area contributed by atoms with E-state index in [4.69, 9.17) is 13.9 Å². The van der Waals surface area contributed by atoms with Crippen LogP contribution in [0.5, 0.6) is 17.2 Å². The third-order valence-corrected chi connectivity index (χ3v) is 6.74. The number of nitrogens with one attached hydrogen (secondary N) is 1. The number of anilines is 1. The molecule has 1 aliphatic heterocycles. The smallest absolute Gasteiger partial charge is 0.291 e. The molecule has 168 valence electrons. The second-order valence-corrected chi connectivity index (χ2v) is 9.06. The van der Waals surface area contributed by atoms with Gasteiger partial charge < -0.3 is 19.2 Å². The third kappa shape index (κ3) is 4.79. The number of benzene rings is 2. The summed E-state index contributed by atoms with van der Waals surface area (Å²) in [6.07, 6.45) is 1.64. The first-order valence-corrected chi connectivity index (χ1v) is 11.8. The number of nitrogens with zero attached hydrogens (tertiary/aromatic N) is 1. The van der Waals surface area contributed by atoms with Crippen LogP contribution in [0.1, 0.15) is 30.3 Å². The monoisotopic (exact) mass is 456 g/mol. The topological polar surface area (TPSA) is 98.1 Å². The first-order chi connectivity index (χ1) is 15.5. The lowest BCUT2D eigenvalue weighted by Crippen LogP contribution is -2.27. The molecule has 0 saturated carbocycles. The van der Waals surface area contributed by atoms with Gasteiger partial charge in [0.1, 0.15) is 11.5 Å². The number of carbonyl (C=O) groups excluding carboxylic acids is 1. The minimum Gasteiger partial charge on any atom is -0.494 e. The Balaban J connectivity index is 1.48. The minimum absolute atomic E-state index is 0.0985. The highest BCUT2D eigenvalue weighted by Crippen LogP contribution is 2.31. The van der Waals surface area contributed by atoms with E-state index in [2.05, 4.69) is 5.32 Å². The van der Waals surface area contributed by atoms with Gasteiger partial charge in [-0.3, -0.25) is 4.79 Å². The molecule has 0 atom stereocenters. The average Bonchev–Trinajstić information content (AvgIpc) is 3.50. The van der Waals surface area contributed by atoms with Crippen LogP contribution in [0.2, 0.25) is 0 Å². The number of rotatable bonds is 8. The molecular weight excluding hydrogens is 432 g/mol. The van der Waals surface area contributed by atoms with Crippen LogP contribution in [0.4, 0.5) is 5.69 Å². The number of sulfonamides is 1. The van der Waals surface area contributed by atoms with Gasteiger partial charge in [-0.2, -0.15) is 4.31 Å². The Morgan fingerprint density at radius 3 is 2.41 bits per heavy atom. The fourth-order valence-corrected chi connectivity index (χ4v) is 4.81. The third-order valence-electron chi connectivity index (χ3n) is 4.96. The van der Waals surface area contributed by atoms with E-state index in [0.717, 1.165) is 18.6 Å². The molecule has 2 heterocycles. The lowest BCUT2D eigenvalue weighted by atomic mass is 10.2. The van der Waals surface area contributed by atoms with Crippen LogP contribution in [0, 0.1) is 0 Å². The summed E-state index contributed by atoms with van der Waals surface area (Å²) in [5.74, 6) is 1.07. The van der Waals surface area contributed by atoms with Crippen molar-refractivity contribution < 1.29 is 27.1 Å². The maximum atomic E-state index is 12.7. The van der Waals surface area contributed by atoms with Crippen molar-refractivity contribution in [2.45, 2.75) is 24.9 Å². The van der Waals surface area contributed by atoms with E-state index in [1.165, 1.54) is 16.4 Å². The molecule has 1 fully saturated rings. The Morgan fingerprint density at radius 2 is 1.69 bits per heavy atom. The van der Waals surface area contributed by atoms with Crippen LogP contribution in [-0.2, 0) is 10.0 Å². The van der Waals surface area contributed by atoms with Crippen LogP contribution in [0.25, 0.3) is 0 Å². The molecular formula is C23H24N2O6S. The molecule has 1 aromatic heterocycles. The number of furan rings is 1. The summed E-state index contributed by atoms with van der Waals surface area (Å²) in [6.45, 7) is 3.40. The van der Waals surface area contributed by atoms with Gasteiger partial charge in [-0.05, 0) is 68.3 Å². The first-order valence-electron chi connectivity index (χ1n) is 10.4. The summed E-state index contributed by atoms with van der Waals surface area (Å²) in [7, 11) is -3.73. The van der Waals surface area contributed by atoms with E-state index in [1.54, 1.807) is 48.5 Å². The van der Waals surface area contributed by atoms with Gasteiger partial charge in [0, 0.05) is 13.1 Å². The molecule has 1 amide bonds. The number of hydrogen-bond acceptors (Lipinski definition) is 6. The van der Waals surface area contributed by atoms with Crippen molar-refractivity contribution >= 4 is 21.6 Å². The maximum absolute atomic E-state index is 12.7. The van der Waals surface area contributed by atoms with Gasteiger partial charge in [-0.25, -0.2) is 8.42 Å². The van der Waals surface area contributed by atoms with Crippen molar-refractivity contribution in [2.24, 2.45) is 0 Å². The number of hydrogen-bond donors (Lipinski definition) is 1. The molecule has 32 heavy (non-hydrogen) atoms.